The highest BCUT2D eigenvalue weighted by molar-refractivity contribution is 5.85. The van der Waals surface area contributed by atoms with Gasteiger partial charge in [-0.2, -0.15) is 0 Å². The Balaban J connectivity index is 0.00000320. The molecular weight excluding hydrogens is 491 g/mol. The van der Waals surface area contributed by atoms with Gasteiger partial charge < -0.3 is 14.5 Å². The van der Waals surface area contributed by atoms with E-state index in [0.29, 0.717) is 18.9 Å². The maximum atomic E-state index is 13.5. The lowest BCUT2D eigenvalue weighted by Crippen LogP contribution is -2.36. The number of rotatable bonds is 7. The Morgan fingerprint density at radius 2 is 1.78 bits per heavy atom. The summed E-state index contributed by atoms with van der Waals surface area (Å²) in [6, 6.07) is 8.35. The number of allylic oxidation sites excluding steroid dienone is 2. The molecule has 1 aromatic heterocycles. The predicted octanol–water partition coefficient (Wildman–Crippen LogP) is 5.51. The zero-order valence-electron chi connectivity index (χ0n) is 21.7. The minimum absolute atomic E-state index is 0. The highest BCUT2D eigenvalue weighted by atomic mass is 35.5. The van der Waals surface area contributed by atoms with Crippen LogP contribution in [0.5, 0.6) is 5.75 Å². The van der Waals surface area contributed by atoms with E-state index in [9.17, 15) is 9.18 Å². The van der Waals surface area contributed by atoms with Gasteiger partial charge in [0, 0.05) is 37.9 Å². The molecule has 37 heavy (non-hydrogen) atoms. The molecule has 0 saturated carbocycles. The van der Waals surface area contributed by atoms with Crippen LogP contribution in [0.15, 0.2) is 42.7 Å². The molecule has 6 nitrogen and oxygen atoms in total. The fourth-order valence-electron chi connectivity index (χ4n) is 5.47. The molecule has 8 heteroatoms. The number of piperidine rings is 1. The van der Waals surface area contributed by atoms with Crippen molar-refractivity contribution in [1.29, 1.82) is 0 Å². The Bertz CT molecular complexity index is 1050. The number of alkyl halides is 1. The smallest absolute Gasteiger partial charge is 0.226 e. The summed E-state index contributed by atoms with van der Waals surface area (Å²) in [6.07, 6.45) is 11.3. The molecule has 1 aliphatic carbocycles. The van der Waals surface area contributed by atoms with E-state index in [1.165, 1.54) is 16.7 Å². The first-order valence-corrected chi connectivity index (χ1v) is 13.5. The van der Waals surface area contributed by atoms with E-state index in [2.05, 4.69) is 52.1 Å². The van der Waals surface area contributed by atoms with Crippen LogP contribution in [0.4, 0.5) is 10.3 Å². The van der Waals surface area contributed by atoms with Gasteiger partial charge in [0.15, 0.2) is 0 Å². The summed E-state index contributed by atoms with van der Waals surface area (Å²) < 4.78 is 19.6. The van der Waals surface area contributed by atoms with Gasteiger partial charge in [0.05, 0.1) is 13.2 Å². The standard InChI is InChI=1S/C29H37FN4O2.ClH/c1-2-21-17-31-29(32-18-21)33-14-11-22(12-15-33)20-36-27-9-7-24(8-10-27)23-3-5-25(6-4-23)28(35)34-16-13-26(30)19-34;/h3,7-10,17-18,22,25-26H,2,4-6,11-16,19-20H2,1H3;1H/t25?,26-;/m0./s1. The SMILES string of the molecule is CCc1cnc(N2CCC(COc3ccc(C4=CCC(C(=O)N5CC[C@H](F)C5)CC4)cc3)CC2)nc1.Cl. The minimum atomic E-state index is -0.852. The Morgan fingerprint density at radius 1 is 1.05 bits per heavy atom. The molecule has 1 unspecified atom stereocenters. The molecule has 2 atom stereocenters. The first-order chi connectivity index (χ1) is 17.6. The first kappa shape index (κ1) is 27.4. The molecule has 200 valence electrons. The van der Waals surface area contributed by atoms with Gasteiger partial charge in [0.2, 0.25) is 11.9 Å². The molecule has 0 spiro atoms. The van der Waals surface area contributed by atoms with Crippen molar-refractivity contribution in [3.05, 3.63) is 53.9 Å². The number of likely N-dealkylation sites (tertiary alicyclic amines) is 1. The van der Waals surface area contributed by atoms with Crippen LogP contribution < -0.4 is 9.64 Å². The highest BCUT2D eigenvalue weighted by Crippen LogP contribution is 2.33. The zero-order chi connectivity index (χ0) is 24.9. The Labute approximate surface area is 225 Å². The quantitative estimate of drug-likeness (QED) is 0.474. The van der Waals surface area contributed by atoms with Gasteiger partial charge in [-0.05, 0) is 79.7 Å². The second-order valence-corrected chi connectivity index (χ2v) is 10.4. The molecule has 3 aliphatic rings. The van der Waals surface area contributed by atoms with E-state index >= 15 is 0 Å². The van der Waals surface area contributed by atoms with E-state index in [1.807, 2.05) is 12.4 Å². The zero-order valence-corrected chi connectivity index (χ0v) is 22.5. The molecule has 1 aromatic carbocycles. The van der Waals surface area contributed by atoms with Crippen molar-refractivity contribution in [2.75, 3.05) is 37.7 Å². The molecule has 1 amide bonds. The first-order valence-electron chi connectivity index (χ1n) is 13.5. The number of ether oxygens (including phenoxy) is 1. The lowest BCUT2D eigenvalue weighted by molar-refractivity contribution is -0.134. The monoisotopic (exact) mass is 528 g/mol. The number of anilines is 1. The summed E-state index contributed by atoms with van der Waals surface area (Å²) in [5.41, 5.74) is 3.65. The fourth-order valence-corrected chi connectivity index (χ4v) is 5.47. The maximum Gasteiger partial charge on any atom is 0.226 e. The lowest BCUT2D eigenvalue weighted by atomic mass is 9.86. The highest BCUT2D eigenvalue weighted by Gasteiger charge is 2.31. The van der Waals surface area contributed by atoms with E-state index in [4.69, 9.17) is 4.74 Å². The van der Waals surface area contributed by atoms with Crippen LogP contribution in [0.25, 0.3) is 5.57 Å². The van der Waals surface area contributed by atoms with Crippen molar-refractivity contribution in [3.8, 4) is 5.75 Å². The molecule has 0 bridgehead atoms. The maximum absolute atomic E-state index is 13.5. The molecular formula is C29H38ClFN4O2. The van der Waals surface area contributed by atoms with Gasteiger partial charge in [-0.15, -0.1) is 12.4 Å². The van der Waals surface area contributed by atoms with Crippen LogP contribution in [0.2, 0.25) is 0 Å². The van der Waals surface area contributed by atoms with Crippen molar-refractivity contribution in [2.45, 2.75) is 58.0 Å². The van der Waals surface area contributed by atoms with Crippen LogP contribution >= 0.6 is 12.4 Å². The third-order valence-corrected chi connectivity index (χ3v) is 7.91. The summed E-state index contributed by atoms with van der Waals surface area (Å²) >= 11 is 0. The Morgan fingerprint density at radius 3 is 2.38 bits per heavy atom. The number of halogens is 2. The van der Waals surface area contributed by atoms with Gasteiger partial charge in [-0.3, -0.25) is 4.79 Å². The average Bonchev–Trinajstić information content (AvgIpc) is 3.38. The van der Waals surface area contributed by atoms with Crippen molar-refractivity contribution < 1.29 is 13.9 Å². The van der Waals surface area contributed by atoms with E-state index in [1.54, 1.807) is 4.90 Å². The van der Waals surface area contributed by atoms with Gasteiger partial charge in [0.25, 0.3) is 0 Å². The molecule has 2 aromatic rings. The lowest BCUT2D eigenvalue weighted by Gasteiger charge is -2.31. The van der Waals surface area contributed by atoms with E-state index < -0.39 is 6.17 Å². The van der Waals surface area contributed by atoms with Crippen molar-refractivity contribution in [1.82, 2.24) is 14.9 Å². The van der Waals surface area contributed by atoms with Crippen LogP contribution in [0.1, 0.15) is 56.6 Å². The number of benzene rings is 1. The largest absolute Gasteiger partial charge is 0.493 e. The second-order valence-electron chi connectivity index (χ2n) is 10.4. The number of carbonyl (C=O) groups is 1. The van der Waals surface area contributed by atoms with E-state index in [-0.39, 0.29) is 30.8 Å². The minimum Gasteiger partial charge on any atom is -0.493 e. The summed E-state index contributed by atoms with van der Waals surface area (Å²) in [6.45, 7) is 5.60. The van der Waals surface area contributed by atoms with Gasteiger partial charge in [0.1, 0.15) is 11.9 Å². The van der Waals surface area contributed by atoms with E-state index in [0.717, 1.165) is 69.9 Å². The predicted molar refractivity (Wildman–Crippen MR) is 147 cm³/mol. The fraction of sp³-hybridized carbons (Fsp3) is 0.552. The average molecular weight is 529 g/mol. The Hall–Kier alpha value is -2.67. The van der Waals surface area contributed by atoms with Crippen LogP contribution in [-0.2, 0) is 11.2 Å². The van der Waals surface area contributed by atoms with Crippen LogP contribution in [-0.4, -0.2) is 59.7 Å². The molecule has 2 aliphatic heterocycles. The normalized spacial score (nSPS) is 22.4. The number of amides is 1. The third-order valence-electron chi connectivity index (χ3n) is 7.91. The van der Waals surface area contributed by atoms with Gasteiger partial charge >= 0.3 is 0 Å². The second kappa shape index (κ2) is 12.7. The number of aryl methyl sites for hydroxylation is 1. The molecule has 2 saturated heterocycles. The number of hydrogen-bond acceptors (Lipinski definition) is 5. The van der Waals surface area contributed by atoms with Crippen molar-refractivity contribution in [3.63, 3.8) is 0 Å². The number of aromatic nitrogens is 2. The molecule has 3 heterocycles. The van der Waals surface area contributed by atoms with Crippen molar-refractivity contribution in [2.24, 2.45) is 11.8 Å². The number of hydrogen-bond donors (Lipinski definition) is 0. The summed E-state index contributed by atoms with van der Waals surface area (Å²) in [4.78, 5) is 25.7. The molecule has 5 rings (SSSR count). The summed E-state index contributed by atoms with van der Waals surface area (Å²) in [5, 5.41) is 0. The molecule has 2 fully saturated rings. The topological polar surface area (TPSA) is 58.6 Å². The Kier molecular flexibility index (Phi) is 9.41. The van der Waals surface area contributed by atoms with Gasteiger partial charge in [-0.1, -0.05) is 25.1 Å². The van der Waals surface area contributed by atoms with Crippen LogP contribution in [0.3, 0.4) is 0 Å². The molecule has 0 radical (unpaired) electrons. The third kappa shape index (κ3) is 6.81. The molecule has 0 N–H and O–H groups in total. The number of nitrogens with zero attached hydrogens (tertiary/aromatic N) is 4. The van der Waals surface area contributed by atoms with Gasteiger partial charge in [-0.25, -0.2) is 14.4 Å². The number of carbonyl (C=O) groups excluding carboxylic acids is 1. The van der Waals surface area contributed by atoms with Crippen LogP contribution in [0, 0.1) is 11.8 Å². The summed E-state index contributed by atoms with van der Waals surface area (Å²) in [5.74, 6) is 2.39. The van der Waals surface area contributed by atoms with Crippen molar-refractivity contribution >= 4 is 29.8 Å². The summed E-state index contributed by atoms with van der Waals surface area (Å²) in [7, 11) is 0.